The third kappa shape index (κ3) is 4.17. The quantitative estimate of drug-likeness (QED) is 0.826. The average molecular weight is 284 g/mol. The minimum atomic E-state index is -0.141. The SMILES string of the molecule is CC1CCC(N(C)C(=O)CN2CCOC(CO)C2)CC1. The second-order valence-electron chi connectivity index (χ2n) is 6.33. The molecule has 5 nitrogen and oxygen atoms in total. The number of nitrogens with zero attached hydrogens (tertiary/aromatic N) is 2. The fraction of sp³-hybridized carbons (Fsp3) is 0.933. The Morgan fingerprint density at radius 3 is 2.70 bits per heavy atom. The fourth-order valence-corrected chi connectivity index (χ4v) is 3.17. The lowest BCUT2D eigenvalue weighted by atomic mass is 9.87. The molecule has 20 heavy (non-hydrogen) atoms. The first-order valence-electron chi connectivity index (χ1n) is 7.80. The number of ether oxygens (including phenoxy) is 1. The van der Waals surface area contributed by atoms with Crippen molar-refractivity contribution in [2.45, 2.75) is 44.8 Å². The maximum atomic E-state index is 12.4. The van der Waals surface area contributed by atoms with Crippen LogP contribution in [-0.2, 0) is 9.53 Å². The molecule has 1 atom stereocenters. The molecule has 2 rings (SSSR count). The van der Waals surface area contributed by atoms with E-state index in [1.54, 1.807) is 0 Å². The second-order valence-corrected chi connectivity index (χ2v) is 6.33. The Hall–Kier alpha value is -0.650. The highest BCUT2D eigenvalue weighted by atomic mass is 16.5. The summed E-state index contributed by atoms with van der Waals surface area (Å²) in [5.41, 5.74) is 0. The van der Waals surface area contributed by atoms with Gasteiger partial charge in [0.05, 0.1) is 25.9 Å². The number of hydrogen-bond donors (Lipinski definition) is 1. The van der Waals surface area contributed by atoms with Crippen LogP contribution in [-0.4, -0.2) is 72.9 Å². The Labute approximate surface area is 121 Å². The van der Waals surface area contributed by atoms with Gasteiger partial charge in [-0.25, -0.2) is 0 Å². The number of hydrogen-bond acceptors (Lipinski definition) is 4. The monoisotopic (exact) mass is 284 g/mol. The van der Waals surface area contributed by atoms with Gasteiger partial charge in [0.25, 0.3) is 0 Å². The first-order chi connectivity index (χ1) is 9.60. The summed E-state index contributed by atoms with van der Waals surface area (Å²) in [5.74, 6) is 1.00. The van der Waals surface area contributed by atoms with Gasteiger partial charge >= 0.3 is 0 Å². The van der Waals surface area contributed by atoms with Gasteiger partial charge in [0.2, 0.25) is 5.91 Å². The topological polar surface area (TPSA) is 53.0 Å². The van der Waals surface area contributed by atoms with Crippen LogP contribution in [0.25, 0.3) is 0 Å². The van der Waals surface area contributed by atoms with Crippen molar-refractivity contribution in [3.05, 3.63) is 0 Å². The molecule has 1 N–H and O–H groups in total. The highest BCUT2D eigenvalue weighted by Gasteiger charge is 2.27. The molecule has 1 aliphatic heterocycles. The standard InChI is InChI=1S/C15H28N2O3/c1-12-3-5-13(6-4-12)16(2)15(19)10-17-7-8-20-14(9-17)11-18/h12-14,18H,3-11H2,1-2H3. The molecule has 2 aliphatic rings. The minimum Gasteiger partial charge on any atom is -0.394 e. The average Bonchev–Trinajstić information content (AvgIpc) is 2.47. The zero-order chi connectivity index (χ0) is 14.5. The van der Waals surface area contributed by atoms with Gasteiger partial charge in [-0.3, -0.25) is 9.69 Å². The molecule has 0 bridgehead atoms. The lowest BCUT2D eigenvalue weighted by Gasteiger charge is -2.36. The molecule has 1 saturated heterocycles. The summed E-state index contributed by atoms with van der Waals surface area (Å²) in [4.78, 5) is 16.4. The Balaban J connectivity index is 1.78. The summed E-state index contributed by atoms with van der Waals surface area (Å²) in [6.45, 7) is 4.79. The van der Waals surface area contributed by atoms with Crippen molar-refractivity contribution < 1.29 is 14.6 Å². The van der Waals surface area contributed by atoms with Gasteiger partial charge in [0.1, 0.15) is 0 Å². The number of likely N-dealkylation sites (N-methyl/N-ethyl adjacent to an activating group) is 1. The van der Waals surface area contributed by atoms with Crippen LogP contribution in [0, 0.1) is 5.92 Å². The molecule has 0 radical (unpaired) electrons. The van der Waals surface area contributed by atoms with E-state index in [2.05, 4.69) is 11.8 Å². The van der Waals surface area contributed by atoms with E-state index in [1.807, 2.05) is 11.9 Å². The summed E-state index contributed by atoms with van der Waals surface area (Å²) in [7, 11) is 1.94. The fourth-order valence-electron chi connectivity index (χ4n) is 3.17. The van der Waals surface area contributed by atoms with Crippen LogP contribution >= 0.6 is 0 Å². The smallest absolute Gasteiger partial charge is 0.236 e. The molecule has 1 unspecified atom stereocenters. The van der Waals surface area contributed by atoms with Crippen LogP contribution in [0.15, 0.2) is 0 Å². The normalized spacial score (nSPS) is 32.0. The predicted octanol–water partition coefficient (Wildman–Crippen LogP) is 0.717. The molecule has 1 aliphatic carbocycles. The van der Waals surface area contributed by atoms with Gasteiger partial charge in [0.15, 0.2) is 0 Å². The molecular formula is C15H28N2O3. The van der Waals surface area contributed by atoms with Crippen LogP contribution in [0.1, 0.15) is 32.6 Å². The molecule has 1 saturated carbocycles. The first kappa shape index (κ1) is 15.7. The molecule has 2 fully saturated rings. The van der Waals surface area contributed by atoms with Crippen LogP contribution in [0.4, 0.5) is 0 Å². The third-order valence-corrected chi connectivity index (χ3v) is 4.71. The van der Waals surface area contributed by atoms with E-state index in [0.717, 1.165) is 25.3 Å². The number of rotatable bonds is 4. The Morgan fingerprint density at radius 2 is 2.05 bits per heavy atom. The molecule has 0 aromatic rings. The van der Waals surface area contributed by atoms with Crippen LogP contribution in [0.2, 0.25) is 0 Å². The zero-order valence-electron chi connectivity index (χ0n) is 12.8. The predicted molar refractivity (Wildman–Crippen MR) is 77.5 cm³/mol. The van der Waals surface area contributed by atoms with Crippen molar-refractivity contribution in [3.8, 4) is 0 Å². The molecule has 0 spiro atoms. The molecule has 1 amide bonds. The highest BCUT2D eigenvalue weighted by Crippen LogP contribution is 2.26. The molecule has 116 valence electrons. The van der Waals surface area contributed by atoms with Crippen LogP contribution in [0.3, 0.4) is 0 Å². The molecule has 5 heteroatoms. The molecular weight excluding hydrogens is 256 g/mol. The Kier molecular flexibility index (Phi) is 5.81. The molecule has 0 aromatic carbocycles. The largest absolute Gasteiger partial charge is 0.394 e. The number of amides is 1. The van der Waals surface area contributed by atoms with Crippen molar-refractivity contribution in [2.75, 3.05) is 39.9 Å². The summed E-state index contributed by atoms with van der Waals surface area (Å²) in [5, 5.41) is 9.13. The van der Waals surface area contributed by atoms with Gasteiger partial charge < -0.3 is 14.7 Å². The van der Waals surface area contributed by atoms with Gasteiger partial charge in [-0.15, -0.1) is 0 Å². The van der Waals surface area contributed by atoms with Crippen molar-refractivity contribution in [1.29, 1.82) is 0 Å². The summed E-state index contributed by atoms with van der Waals surface area (Å²) in [6.07, 6.45) is 4.58. The summed E-state index contributed by atoms with van der Waals surface area (Å²) < 4.78 is 5.41. The van der Waals surface area contributed by atoms with E-state index in [1.165, 1.54) is 12.8 Å². The van der Waals surface area contributed by atoms with E-state index in [0.29, 0.717) is 25.7 Å². The van der Waals surface area contributed by atoms with Crippen molar-refractivity contribution in [3.63, 3.8) is 0 Å². The van der Waals surface area contributed by atoms with Gasteiger partial charge in [0, 0.05) is 26.2 Å². The van der Waals surface area contributed by atoms with E-state index in [9.17, 15) is 4.79 Å². The van der Waals surface area contributed by atoms with E-state index < -0.39 is 0 Å². The Morgan fingerprint density at radius 1 is 1.35 bits per heavy atom. The van der Waals surface area contributed by atoms with E-state index in [4.69, 9.17) is 9.84 Å². The Bertz CT molecular complexity index is 316. The van der Waals surface area contributed by atoms with Gasteiger partial charge in [-0.1, -0.05) is 6.92 Å². The van der Waals surface area contributed by atoms with E-state index >= 15 is 0 Å². The highest BCUT2D eigenvalue weighted by molar-refractivity contribution is 5.78. The summed E-state index contributed by atoms with van der Waals surface area (Å²) in [6, 6.07) is 0.411. The first-order valence-corrected chi connectivity index (χ1v) is 7.80. The minimum absolute atomic E-state index is 0.0288. The maximum Gasteiger partial charge on any atom is 0.236 e. The van der Waals surface area contributed by atoms with Gasteiger partial charge in [-0.05, 0) is 31.6 Å². The number of morpholine rings is 1. The second kappa shape index (κ2) is 7.38. The van der Waals surface area contributed by atoms with Crippen LogP contribution < -0.4 is 0 Å². The van der Waals surface area contributed by atoms with Crippen molar-refractivity contribution in [1.82, 2.24) is 9.80 Å². The molecule has 0 aromatic heterocycles. The lowest BCUT2D eigenvalue weighted by Crippen LogP contribution is -2.50. The zero-order valence-corrected chi connectivity index (χ0v) is 12.8. The number of carbonyl (C=O) groups is 1. The lowest BCUT2D eigenvalue weighted by molar-refractivity contribution is -0.136. The number of aliphatic hydroxyl groups excluding tert-OH is 1. The van der Waals surface area contributed by atoms with Crippen LogP contribution in [0.5, 0.6) is 0 Å². The van der Waals surface area contributed by atoms with Crippen molar-refractivity contribution in [2.24, 2.45) is 5.92 Å². The maximum absolute atomic E-state index is 12.4. The number of aliphatic hydroxyl groups is 1. The third-order valence-electron chi connectivity index (χ3n) is 4.71. The van der Waals surface area contributed by atoms with Crippen molar-refractivity contribution >= 4 is 5.91 Å². The number of carbonyl (C=O) groups excluding carboxylic acids is 1. The van der Waals surface area contributed by atoms with Gasteiger partial charge in [-0.2, -0.15) is 0 Å². The summed E-state index contributed by atoms with van der Waals surface area (Å²) >= 11 is 0. The molecule has 1 heterocycles. The van der Waals surface area contributed by atoms with E-state index in [-0.39, 0.29) is 18.6 Å².